The maximum atomic E-state index is 13.1. The maximum Gasteiger partial charge on any atom is 0.228 e. The third-order valence-electron chi connectivity index (χ3n) is 4.36. The highest BCUT2D eigenvalue weighted by atomic mass is 35.5. The van der Waals surface area contributed by atoms with Crippen molar-refractivity contribution in [2.45, 2.75) is 31.6 Å². The Balaban J connectivity index is 1.75. The van der Waals surface area contributed by atoms with Crippen LogP contribution in [0.15, 0.2) is 53.1 Å². The summed E-state index contributed by atoms with van der Waals surface area (Å²) in [5.74, 6) is 0.167. The van der Waals surface area contributed by atoms with Gasteiger partial charge >= 0.3 is 0 Å². The summed E-state index contributed by atoms with van der Waals surface area (Å²) >= 11 is 5.94. The van der Waals surface area contributed by atoms with Crippen molar-refractivity contribution in [3.63, 3.8) is 0 Å². The number of nitrogens with zero attached hydrogens (tertiary/aromatic N) is 2. The van der Waals surface area contributed by atoms with Crippen molar-refractivity contribution in [2.24, 2.45) is 0 Å². The summed E-state index contributed by atoms with van der Waals surface area (Å²) in [7, 11) is 0. The molecular weight excluding hydrogens is 383 g/mol. The van der Waals surface area contributed by atoms with E-state index >= 15 is 0 Å². The van der Waals surface area contributed by atoms with E-state index in [1.165, 1.54) is 12.1 Å². The molecule has 0 aliphatic carbocycles. The summed E-state index contributed by atoms with van der Waals surface area (Å²) in [6.07, 6.45) is 1.24. The number of carbonyl (C=O) groups is 1. The van der Waals surface area contributed by atoms with Crippen LogP contribution in [0.1, 0.15) is 35.2 Å². The van der Waals surface area contributed by atoms with Gasteiger partial charge in [-0.3, -0.25) is 4.79 Å². The first-order valence-corrected chi connectivity index (χ1v) is 9.35. The average molecular weight is 403 g/mol. The zero-order valence-corrected chi connectivity index (χ0v) is 15.9. The van der Waals surface area contributed by atoms with E-state index in [9.17, 15) is 9.18 Å². The Morgan fingerprint density at radius 3 is 2.46 bits per heavy atom. The highest BCUT2D eigenvalue weighted by molar-refractivity contribution is 6.30. The zero-order chi connectivity index (χ0) is 19.9. The predicted molar refractivity (Wildman–Crippen MR) is 103 cm³/mol. The van der Waals surface area contributed by atoms with Crippen LogP contribution in [-0.2, 0) is 24.1 Å². The van der Waals surface area contributed by atoms with Crippen molar-refractivity contribution in [1.29, 1.82) is 0 Å². The molecule has 7 heteroatoms. The Morgan fingerprint density at radius 2 is 1.79 bits per heavy atom. The first-order chi connectivity index (χ1) is 13.5. The lowest BCUT2D eigenvalue weighted by Gasteiger charge is -2.13. The Labute approximate surface area is 167 Å². The molecule has 1 N–H and O–H groups in total. The molecule has 0 aliphatic heterocycles. The largest absolute Gasteiger partial charge is 0.396 e. The summed E-state index contributed by atoms with van der Waals surface area (Å²) in [4.78, 5) is 16.9. The monoisotopic (exact) mass is 402 g/mol. The van der Waals surface area contributed by atoms with Crippen LogP contribution in [0, 0.1) is 5.82 Å². The number of rotatable bonds is 9. The summed E-state index contributed by atoms with van der Waals surface area (Å²) in [5.41, 5.74) is 1.75. The molecule has 0 bridgehead atoms. The van der Waals surface area contributed by atoms with Gasteiger partial charge in [0.1, 0.15) is 11.6 Å². The lowest BCUT2D eigenvalue weighted by Crippen LogP contribution is -2.13. The minimum absolute atomic E-state index is 0.000852. The van der Waals surface area contributed by atoms with Gasteiger partial charge in [0, 0.05) is 23.8 Å². The predicted octanol–water partition coefficient (Wildman–Crippen LogP) is 3.93. The van der Waals surface area contributed by atoms with E-state index < -0.39 is 0 Å². The smallest absolute Gasteiger partial charge is 0.228 e. The number of hydrogen-bond acceptors (Lipinski definition) is 5. The molecule has 3 aromatic rings. The van der Waals surface area contributed by atoms with E-state index in [4.69, 9.17) is 21.2 Å². The van der Waals surface area contributed by atoms with Gasteiger partial charge in [-0.25, -0.2) is 4.39 Å². The second kappa shape index (κ2) is 9.57. The molecule has 0 saturated carbocycles. The fourth-order valence-electron chi connectivity index (χ4n) is 2.97. The molecule has 1 atom stereocenters. The van der Waals surface area contributed by atoms with E-state index in [1.54, 1.807) is 24.3 Å². The number of hydrogen-bond donors (Lipinski definition) is 1. The van der Waals surface area contributed by atoms with Gasteiger partial charge in [0.05, 0.1) is 13.0 Å². The summed E-state index contributed by atoms with van der Waals surface area (Å²) in [6, 6.07) is 13.3. The van der Waals surface area contributed by atoms with Crippen LogP contribution < -0.4 is 0 Å². The Kier molecular flexibility index (Phi) is 6.90. The van der Waals surface area contributed by atoms with Crippen LogP contribution in [-0.4, -0.2) is 27.6 Å². The van der Waals surface area contributed by atoms with E-state index in [0.717, 1.165) is 11.1 Å². The van der Waals surface area contributed by atoms with Gasteiger partial charge in [-0.2, -0.15) is 4.98 Å². The number of aliphatic hydroxyl groups is 1. The molecule has 28 heavy (non-hydrogen) atoms. The fraction of sp³-hybridized carbons (Fsp3) is 0.286. The van der Waals surface area contributed by atoms with Gasteiger partial charge in [-0.05, 0) is 41.8 Å². The molecular formula is C21H20ClFN2O3. The third kappa shape index (κ3) is 5.71. The van der Waals surface area contributed by atoms with Gasteiger partial charge in [-0.15, -0.1) is 0 Å². The van der Waals surface area contributed by atoms with Crippen molar-refractivity contribution < 1.29 is 18.8 Å². The molecule has 1 aromatic heterocycles. The second-order valence-electron chi connectivity index (χ2n) is 6.59. The molecule has 0 amide bonds. The highest BCUT2D eigenvalue weighted by Gasteiger charge is 2.22. The average Bonchev–Trinajstić information content (AvgIpc) is 3.14. The maximum absolute atomic E-state index is 13.1. The van der Waals surface area contributed by atoms with E-state index in [-0.39, 0.29) is 43.4 Å². The van der Waals surface area contributed by atoms with Gasteiger partial charge < -0.3 is 9.63 Å². The number of ketones is 1. The number of benzene rings is 2. The Bertz CT molecular complexity index is 910. The Hall–Kier alpha value is -2.57. The fourth-order valence-corrected chi connectivity index (χ4v) is 3.09. The number of halogens is 2. The van der Waals surface area contributed by atoms with Crippen LogP contribution in [0.4, 0.5) is 4.39 Å². The second-order valence-corrected chi connectivity index (χ2v) is 7.03. The quantitative estimate of drug-likeness (QED) is 0.587. The molecule has 1 unspecified atom stereocenters. The molecule has 0 saturated heterocycles. The normalized spacial score (nSPS) is 12.1. The summed E-state index contributed by atoms with van der Waals surface area (Å²) in [5, 5.41) is 13.7. The van der Waals surface area contributed by atoms with E-state index in [0.29, 0.717) is 23.2 Å². The zero-order valence-electron chi connectivity index (χ0n) is 15.1. The molecule has 0 aliphatic rings. The summed E-state index contributed by atoms with van der Waals surface area (Å²) in [6.45, 7) is -0.0903. The van der Waals surface area contributed by atoms with Crippen LogP contribution in [0.2, 0.25) is 5.02 Å². The number of carbonyl (C=O) groups excluding carboxylic acids is 1. The van der Waals surface area contributed by atoms with Gasteiger partial charge in [-0.1, -0.05) is 41.0 Å². The van der Waals surface area contributed by atoms with Crippen molar-refractivity contribution >= 4 is 17.4 Å². The molecule has 2 aromatic carbocycles. The number of Topliss-reactive ketones (excluding diaryl/α,β-unsaturated/α-hetero) is 1. The third-order valence-corrected chi connectivity index (χ3v) is 4.61. The molecule has 0 spiro atoms. The van der Waals surface area contributed by atoms with Gasteiger partial charge in [0.15, 0.2) is 5.82 Å². The first kappa shape index (κ1) is 20.2. The summed E-state index contributed by atoms with van der Waals surface area (Å²) < 4.78 is 18.2. The molecule has 1 heterocycles. The molecule has 146 valence electrons. The van der Waals surface area contributed by atoms with Crippen molar-refractivity contribution in [3.05, 3.63) is 82.2 Å². The van der Waals surface area contributed by atoms with Crippen LogP contribution in [0.3, 0.4) is 0 Å². The van der Waals surface area contributed by atoms with E-state index in [1.807, 2.05) is 12.1 Å². The first-order valence-electron chi connectivity index (χ1n) is 8.97. The molecule has 0 fully saturated rings. The topological polar surface area (TPSA) is 76.2 Å². The molecule has 5 nitrogen and oxygen atoms in total. The van der Waals surface area contributed by atoms with Gasteiger partial charge in [0.25, 0.3) is 0 Å². The van der Waals surface area contributed by atoms with Crippen LogP contribution in [0.5, 0.6) is 0 Å². The van der Waals surface area contributed by atoms with Crippen LogP contribution >= 0.6 is 11.6 Å². The van der Waals surface area contributed by atoms with Crippen molar-refractivity contribution in [2.75, 3.05) is 6.61 Å². The lowest BCUT2D eigenvalue weighted by molar-refractivity contribution is -0.118. The van der Waals surface area contributed by atoms with Crippen molar-refractivity contribution in [1.82, 2.24) is 10.1 Å². The Morgan fingerprint density at radius 1 is 1.11 bits per heavy atom. The highest BCUT2D eigenvalue weighted by Crippen LogP contribution is 2.24. The number of aliphatic hydroxyl groups excluding tert-OH is 1. The standard InChI is InChI=1S/C21H20ClFN2O3/c22-17-5-1-14(2-6-17)11-16(21-24-20(9-10-26)28-25-21)13-19(27)12-15-3-7-18(23)8-4-15/h1-8,16,26H,9-13H2. The molecule has 3 rings (SSSR count). The minimum Gasteiger partial charge on any atom is -0.396 e. The van der Waals surface area contributed by atoms with Crippen molar-refractivity contribution in [3.8, 4) is 0 Å². The van der Waals surface area contributed by atoms with E-state index in [2.05, 4.69) is 10.1 Å². The minimum atomic E-state index is -0.333. The molecule has 0 radical (unpaired) electrons. The number of aromatic nitrogens is 2. The lowest BCUT2D eigenvalue weighted by atomic mass is 9.91. The SMILES string of the molecule is O=C(Cc1ccc(F)cc1)CC(Cc1ccc(Cl)cc1)c1noc(CCO)n1. The van der Waals surface area contributed by atoms with Crippen LogP contribution in [0.25, 0.3) is 0 Å². The van der Waals surface area contributed by atoms with Gasteiger partial charge in [0.2, 0.25) is 5.89 Å².